The van der Waals surface area contributed by atoms with Crippen molar-refractivity contribution in [1.29, 1.82) is 0 Å². The van der Waals surface area contributed by atoms with E-state index in [2.05, 4.69) is 4.90 Å². The molecule has 1 aromatic rings. The number of ether oxygens (including phenoxy) is 1. The lowest BCUT2D eigenvalue weighted by molar-refractivity contribution is -0.136. The minimum Gasteiger partial charge on any atom is -0.496 e. The van der Waals surface area contributed by atoms with Gasteiger partial charge < -0.3 is 15.4 Å². The topological polar surface area (TPSA) is 58.8 Å². The number of nitrogens with zero attached hydrogens (tertiary/aromatic N) is 2. The molecule has 1 fully saturated rings. The van der Waals surface area contributed by atoms with Gasteiger partial charge in [0.05, 0.1) is 7.11 Å². The number of carbonyl (C=O) groups is 1. The van der Waals surface area contributed by atoms with Crippen molar-refractivity contribution in [2.45, 2.75) is 13.5 Å². The molecule has 138 valence electrons. The van der Waals surface area contributed by atoms with E-state index in [1.807, 2.05) is 11.8 Å². The van der Waals surface area contributed by atoms with Crippen LogP contribution in [0.3, 0.4) is 0 Å². The minimum absolute atomic E-state index is 0. The number of rotatable bonds is 5. The molecule has 1 aliphatic rings. The summed E-state index contributed by atoms with van der Waals surface area (Å²) in [5.74, 6) is 0.415. The molecule has 1 unspecified atom stereocenters. The molecule has 1 aromatic carbocycles. The maximum Gasteiger partial charge on any atom is 0.226 e. The number of methoxy groups -OCH3 is 1. The molecule has 24 heavy (non-hydrogen) atoms. The third-order valence-corrected chi connectivity index (χ3v) is 4.10. The Hall–Kier alpha value is -1.08. The van der Waals surface area contributed by atoms with E-state index in [4.69, 9.17) is 10.5 Å². The summed E-state index contributed by atoms with van der Waals surface area (Å²) in [5, 5.41) is 0. The average Bonchev–Trinajstić information content (AvgIpc) is 2.54. The molecule has 0 radical (unpaired) electrons. The van der Waals surface area contributed by atoms with Crippen molar-refractivity contribution < 1.29 is 13.9 Å². The Bertz CT molecular complexity index is 526. The van der Waals surface area contributed by atoms with Crippen molar-refractivity contribution in [1.82, 2.24) is 9.80 Å². The van der Waals surface area contributed by atoms with Crippen LogP contribution >= 0.6 is 24.8 Å². The van der Waals surface area contributed by atoms with Crippen LogP contribution < -0.4 is 10.5 Å². The van der Waals surface area contributed by atoms with Gasteiger partial charge >= 0.3 is 0 Å². The lowest BCUT2D eigenvalue weighted by Crippen LogP contribution is -2.50. The Balaban J connectivity index is 0.00000264. The molecule has 1 saturated heterocycles. The van der Waals surface area contributed by atoms with Gasteiger partial charge in [-0.1, -0.05) is 6.92 Å². The summed E-state index contributed by atoms with van der Waals surface area (Å²) >= 11 is 0. The van der Waals surface area contributed by atoms with E-state index in [-0.39, 0.29) is 42.5 Å². The molecule has 1 atom stereocenters. The van der Waals surface area contributed by atoms with E-state index < -0.39 is 0 Å². The van der Waals surface area contributed by atoms with Crippen LogP contribution in [0.2, 0.25) is 0 Å². The molecule has 1 amide bonds. The normalized spacial score (nSPS) is 15.9. The van der Waals surface area contributed by atoms with Gasteiger partial charge in [0.25, 0.3) is 0 Å². The number of hydrogen-bond acceptors (Lipinski definition) is 4. The van der Waals surface area contributed by atoms with E-state index in [1.165, 1.54) is 12.1 Å². The summed E-state index contributed by atoms with van der Waals surface area (Å²) < 4.78 is 18.7. The van der Waals surface area contributed by atoms with Crippen molar-refractivity contribution in [3.63, 3.8) is 0 Å². The summed E-state index contributed by atoms with van der Waals surface area (Å²) in [6.45, 7) is 5.74. The van der Waals surface area contributed by atoms with Gasteiger partial charge in [-0.3, -0.25) is 9.69 Å². The standard InChI is InChI=1S/C16H24FN3O2.2ClH/c1-12(10-18)16(21)20-7-5-19(6-8-20)11-13-9-14(17)3-4-15(13)22-2;;/h3-4,9,12H,5-8,10-11,18H2,1-2H3;2*1H. The van der Waals surface area contributed by atoms with E-state index in [0.717, 1.165) is 18.7 Å². The van der Waals surface area contributed by atoms with Crippen LogP contribution in [0.4, 0.5) is 4.39 Å². The first-order valence-electron chi connectivity index (χ1n) is 7.58. The fraction of sp³-hybridized carbons (Fsp3) is 0.562. The predicted molar refractivity (Wildman–Crippen MR) is 97.5 cm³/mol. The van der Waals surface area contributed by atoms with Gasteiger partial charge in [-0.25, -0.2) is 4.39 Å². The summed E-state index contributed by atoms with van der Waals surface area (Å²) in [6.07, 6.45) is 0. The molecule has 0 saturated carbocycles. The third-order valence-electron chi connectivity index (χ3n) is 4.10. The second kappa shape index (κ2) is 10.7. The van der Waals surface area contributed by atoms with Crippen LogP contribution in [0.5, 0.6) is 5.75 Å². The third kappa shape index (κ3) is 5.77. The average molecular weight is 382 g/mol. The number of piperazine rings is 1. The zero-order valence-corrected chi connectivity index (χ0v) is 15.7. The summed E-state index contributed by atoms with van der Waals surface area (Å²) in [4.78, 5) is 16.2. The van der Waals surface area contributed by atoms with Crippen molar-refractivity contribution in [3.8, 4) is 5.75 Å². The van der Waals surface area contributed by atoms with Gasteiger partial charge in [-0.2, -0.15) is 0 Å². The maximum absolute atomic E-state index is 13.4. The van der Waals surface area contributed by atoms with Crippen LogP contribution in [0.15, 0.2) is 18.2 Å². The Morgan fingerprint density at radius 1 is 1.29 bits per heavy atom. The molecule has 0 aliphatic carbocycles. The van der Waals surface area contributed by atoms with E-state index in [0.29, 0.717) is 31.9 Å². The first-order valence-corrected chi connectivity index (χ1v) is 7.58. The van der Waals surface area contributed by atoms with Gasteiger partial charge in [0.15, 0.2) is 0 Å². The van der Waals surface area contributed by atoms with E-state index >= 15 is 0 Å². The number of carbonyl (C=O) groups excluding carboxylic acids is 1. The monoisotopic (exact) mass is 381 g/mol. The Kier molecular flexibility index (Phi) is 10.2. The van der Waals surface area contributed by atoms with Crippen molar-refractivity contribution >= 4 is 30.7 Å². The van der Waals surface area contributed by atoms with Crippen molar-refractivity contribution in [3.05, 3.63) is 29.6 Å². The van der Waals surface area contributed by atoms with Gasteiger partial charge in [0.1, 0.15) is 11.6 Å². The number of amides is 1. The molecular weight excluding hydrogens is 356 g/mol. The molecule has 0 bridgehead atoms. The second-order valence-electron chi connectivity index (χ2n) is 5.69. The zero-order valence-electron chi connectivity index (χ0n) is 14.0. The lowest BCUT2D eigenvalue weighted by atomic mass is 10.1. The fourth-order valence-electron chi connectivity index (χ4n) is 2.65. The Labute approximate surface area is 155 Å². The van der Waals surface area contributed by atoms with Crippen molar-refractivity contribution in [2.24, 2.45) is 11.7 Å². The molecule has 2 N–H and O–H groups in total. The van der Waals surface area contributed by atoms with Crippen LogP contribution in [0.1, 0.15) is 12.5 Å². The Morgan fingerprint density at radius 2 is 1.92 bits per heavy atom. The molecule has 2 rings (SSSR count). The lowest BCUT2D eigenvalue weighted by Gasteiger charge is -2.36. The van der Waals surface area contributed by atoms with Gasteiger partial charge in [0, 0.05) is 50.7 Å². The molecule has 8 heteroatoms. The highest BCUT2D eigenvalue weighted by molar-refractivity contribution is 5.85. The first kappa shape index (κ1) is 22.9. The van der Waals surface area contributed by atoms with Crippen LogP contribution in [0.25, 0.3) is 0 Å². The highest BCUT2D eigenvalue weighted by Crippen LogP contribution is 2.21. The molecule has 0 aromatic heterocycles. The van der Waals surface area contributed by atoms with Gasteiger partial charge in [0.2, 0.25) is 5.91 Å². The Morgan fingerprint density at radius 3 is 2.46 bits per heavy atom. The van der Waals surface area contributed by atoms with Crippen LogP contribution in [-0.4, -0.2) is 55.5 Å². The summed E-state index contributed by atoms with van der Waals surface area (Å²) in [6, 6.07) is 4.55. The molecular formula is C16H26Cl2FN3O2. The smallest absolute Gasteiger partial charge is 0.226 e. The molecule has 1 heterocycles. The molecule has 5 nitrogen and oxygen atoms in total. The molecule has 0 spiro atoms. The quantitative estimate of drug-likeness (QED) is 0.846. The highest BCUT2D eigenvalue weighted by atomic mass is 35.5. The first-order chi connectivity index (χ1) is 10.5. The highest BCUT2D eigenvalue weighted by Gasteiger charge is 2.24. The number of nitrogens with two attached hydrogens (primary N) is 1. The summed E-state index contributed by atoms with van der Waals surface area (Å²) in [5.41, 5.74) is 6.38. The maximum atomic E-state index is 13.4. The SMILES string of the molecule is COc1ccc(F)cc1CN1CCN(C(=O)C(C)CN)CC1.Cl.Cl. The predicted octanol–water partition coefficient (Wildman–Crippen LogP) is 1.92. The van der Waals surface area contributed by atoms with E-state index in [1.54, 1.807) is 13.2 Å². The van der Waals surface area contributed by atoms with Gasteiger partial charge in [-0.15, -0.1) is 24.8 Å². The fourth-order valence-corrected chi connectivity index (χ4v) is 2.65. The van der Waals surface area contributed by atoms with Crippen molar-refractivity contribution in [2.75, 3.05) is 39.8 Å². The molecule has 1 aliphatic heterocycles. The largest absolute Gasteiger partial charge is 0.496 e. The second-order valence-corrected chi connectivity index (χ2v) is 5.69. The zero-order chi connectivity index (χ0) is 16.1. The number of hydrogen-bond donors (Lipinski definition) is 1. The number of benzene rings is 1. The van der Waals surface area contributed by atoms with Gasteiger partial charge in [-0.05, 0) is 18.2 Å². The summed E-state index contributed by atoms with van der Waals surface area (Å²) in [7, 11) is 1.58. The van der Waals surface area contributed by atoms with E-state index in [9.17, 15) is 9.18 Å². The van der Waals surface area contributed by atoms with Crippen LogP contribution in [-0.2, 0) is 11.3 Å². The minimum atomic E-state index is -0.263. The number of halogens is 3. The van der Waals surface area contributed by atoms with Crippen LogP contribution in [0, 0.1) is 11.7 Å².